The fraction of sp³-hybridized carbons (Fsp3) is 0. The van der Waals surface area contributed by atoms with Crippen LogP contribution in [0.25, 0.3) is 22.2 Å². The van der Waals surface area contributed by atoms with Gasteiger partial charge in [-0.05, 0) is 36.4 Å². The zero-order valence-corrected chi connectivity index (χ0v) is 12.6. The molecule has 0 saturated heterocycles. The molecule has 1 amide bonds. The molecule has 0 aliphatic carbocycles. The molecule has 0 spiro atoms. The van der Waals surface area contributed by atoms with Gasteiger partial charge in [-0.1, -0.05) is 18.2 Å². The second-order valence-corrected chi connectivity index (χ2v) is 5.31. The first-order valence-corrected chi connectivity index (χ1v) is 7.45. The van der Waals surface area contributed by atoms with Crippen LogP contribution in [-0.2, 0) is 0 Å². The molecule has 0 aliphatic rings. The lowest BCUT2D eigenvalue weighted by Gasteiger charge is -2.07. The summed E-state index contributed by atoms with van der Waals surface area (Å²) in [5.74, 6) is 0.485. The number of rotatable bonds is 3. The van der Waals surface area contributed by atoms with Gasteiger partial charge in [0, 0.05) is 28.4 Å². The SMILES string of the molecule is O=C(Nc1cccc(-c2cnco2)c1)c1ccc2ncccc2c1. The van der Waals surface area contributed by atoms with Gasteiger partial charge in [0.25, 0.3) is 5.91 Å². The van der Waals surface area contributed by atoms with E-state index in [0.29, 0.717) is 17.0 Å². The number of pyridine rings is 1. The molecule has 2 heterocycles. The molecule has 0 bridgehead atoms. The van der Waals surface area contributed by atoms with Crippen LogP contribution in [-0.4, -0.2) is 15.9 Å². The number of hydrogen-bond donors (Lipinski definition) is 1. The molecule has 2 aromatic carbocycles. The number of nitrogens with zero attached hydrogens (tertiary/aromatic N) is 2. The topological polar surface area (TPSA) is 68.0 Å². The first kappa shape index (κ1) is 14.1. The van der Waals surface area contributed by atoms with Crippen molar-refractivity contribution in [2.45, 2.75) is 0 Å². The molecule has 0 fully saturated rings. The van der Waals surface area contributed by atoms with Crippen LogP contribution < -0.4 is 5.32 Å². The van der Waals surface area contributed by atoms with E-state index in [1.165, 1.54) is 6.39 Å². The van der Waals surface area contributed by atoms with Gasteiger partial charge in [0.15, 0.2) is 12.2 Å². The van der Waals surface area contributed by atoms with Gasteiger partial charge in [-0.15, -0.1) is 0 Å². The summed E-state index contributed by atoms with van der Waals surface area (Å²) in [6.45, 7) is 0. The van der Waals surface area contributed by atoms with Gasteiger partial charge in [-0.2, -0.15) is 0 Å². The average molecular weight is 315 g/mol. The maximum atomic E-state index is 12.5. The lowest BCUT2D eigenvalue weighted by molar-refractivity contribution is 0.102. The van der Waals surface area contributed by atoms with Gasteiger partial charge in [0.05, 0.1) is 11.7 Å². The summed E-state index contributed by atoms with van der Waals surface area (Å²) in [4.78, 5) is 20.7. The Bertz CT molecular complexity index is 1010. The van der Waals surface area contributed by atoms with E-state index in [0.717, 1.165) is 16.5 Å². The van der Waals surface area contributed by atoms with Crippen molar-refractivity contribution < 1.29 is 9.21 Å². The van der Waals surface area contributed by atoms with E-state index in [1.54, 1.807) is 18.5 Å². The highest BCUT2D eigenvalue weighted by Crippen LogP contribution is 2.22. The smallest absolute Gasteiger partial charge is 0.255 e. The Morgan fingerprint density at radius 3 is 2.88 bits per heavy atom. The highest BCUT2D eigenvalue weighted by molar-refractivity contribution is 6.06. The summed E-state index contributed by atoms with van der Waals surface area (Å²) in [7, 11) is 0. The quantitative estimate of drug-likeness (QED) is 0.617. The van der Waals surface area contributed by atoms with E-state index < -0.39 is 0 Å². The Morgan fingerprint density at radius 2 is 2.00 bits per heavy atom. The fourth-order valence-electron chi connectivity index (χ4n) is 2.53. The van der Waals surface area contributed by atoms with Crippen molar-refractivity contribution in [1.29, 1.82) is 0 Å². The highest BCUT2D eigenvalue weighted by atomic mass is 16.3. The minimum absolute atomic E-state index is 0.171. The summed E-state index contributed by atoms with van der Waals surface area (Å²) < 4.78 is 5.28. The number of nitrogens with one attached hydrogen (secondary N) is 1. The lowest BCUT2D eigenvalue weighted by atomic mass is 10.1. The molecule has 24 heavy (non-hydrogen) atoms. The number of carbonyl (C=O) groups excluding carboxylic acids is 1. The Morgan fingerprint density at radius 1 is 1.04 bits per heavy atom. The molecule has 116 valence electrons. The van der Waals surface area contributed by atoms with Crippen molar-refractivity contribution in [3.63, 3.8) is 0 Å². The number of oxazole rings is 1. The van der Waals surface area contributed by atoms with Crippen molar-refractivity contribution in [2.24, 2.45) is 0 Å². The van der Waals surface area contributed by atoms with E-state index in [1.807, 2.05) is 48.5 Å². The molecule has 1 N–H and O–H groups in total. The van der Waals surface area contributed by atoms with Gasteiger partial charge < -0.3 is 9.73 Å². The van der Waals surface area contributed by atoms with E-state index >= 15 is 0 Å². The molecular formula is C19H13N3O2. The van der Waals surface area contributed by atoms with Crippen molar-refractivity contribution in [3.05, 3.63) is 78.9 Å². The zero-order chi connectivity index (χ0) is 16.4. The first-order chi connectivity index (χ1) is 11.8. The average Bonchev–Trinajstić information content (AvgIpc) is 3.16. The normalized spacial score (nSPS) is 10.7. The van der Waals surface area contributed by atoms with Crippen molar-refractivity contribution in [1.82, 2.24) is 9.97 Å². The van der Waals surface area contributed by atoms with E-state index in [-0.39, 0.29) is 5.91 Å². The molecule has 5 heteroatoms. The van der Waals surface area contributed by atoms with Crippen LogP contribution in [0.1, 0.15) is 10.4 Å². The highest BCUT2D eigenvalue weighted by Gasteiger charge is 2.09. The summed E-state index contributed by atoms with van der Waals surface area (Å²) in [6.07, 6.45) is 4.75. The Hall–Kier alpha value is -3.47. The Balaban J connectivity index is 1.60. The molecule has 0 unspecified atom stereocenters. The monoisotopic (exact) mass is 315 g/mol. The summed E-state index contributed by atoms with van der Waals surface area (Å²) in [5.41, 5.74) is 3.00. The maximum absolute atomic E-state index is 12.5. The largest absolute Gasteiger partial charge is 0.444 e. The molecule has 4 rings (SSSR count). The Labute approximate surface area is 138 Å². The van der Waals surface area contributed by atoms with Gasteiger partial charge in [-0.3, -0.25) is 9.78 Å². The van der Waals surface area contributed by atoms with Crippen LogP contribution in [0.4, 0.5) is 5.69 Å². The number of amides is 1. The third kappa shape index (κ3) is 2.75. The molecule has 4 aromatic rings. The number of aromatic nitrogens is 2. The number of hydrogen-bond acceptors (Lipinski definition) is 4. The number of fused-ring (bicyclic) bond motifs is 1. The molecule has 2 aromatic heterocycles. The van der Waals surface area contributed by atoms with Crippen molar-refractivity contribution in [2.75, 3.05) is 5.32 Å². The second-order valence-electron chi connectivity index (χ2n) is 5.31. The summed E-state index contributed by atoms with van der Waals surface area (Å²) in [6, 6.07) is 16.7. The minimum Gasteiger partial charge on any atom is -0.444 e. The zero-order valence-electron chi connectivity index (χ0n) is 12.6. The third-order valence-electron chi connectivity index (χ3n) is 3.70. The molecule has 0 aliphatic heterocycles. The molecule has 0 saturated carbocycles. The maximum Gasteiger partial charge on any atom is 0.255 e. The van der Waals surface area contributed by atoms with Crippen LogP contribution in [0.3, 0.4) is 0 Å². The summed E-state index contributed by atoms with van der Waals surface area (Å²) >= 11 is 0. The van der Waals surface area contributed by atoms with Gasteiger partial charge in [-0.25, -0.2) is 4.98 Å². The van der Waals surface area contributed by atoms with Crippen molar-refractivity contribution >= 4 is 22.5 Å². The van der Waals surface area contributed by atoms with Crippen LogP contribution >= 0.6 is 0 Å². The number of carbonyl (C=O) groups is 1. The molecule has 0 radical (unpaired) electrons. The standard InChI is InChI=1S/C19H13N3O2/c23-19(15-6-7-17-13(9-15)4-2-8-21-17)22-16-5-1-3-14(10-16)18-11-20-12-24-18/h1-12H,(H,22,23). The predicted octanol–water partition coefficient (Wildman–Crippen LogP) is 4.14. The Kier molecular flexibility index (Phi) is 3.51. The van der Waals surface area contributed by atoms with E-state index in [9.17, 15) is 4.79 Å². The fourth-order valence-corrected chi connectivity index (χ4v) is 2.53. The van der Waals surface area contributed by atoms with Crippen LogP contribution in [0.15, 0.2) is 77.8 Å². The van der Waals surface area contributed by atoms with Crippen LogP contribution in [0.2, 0.25) is 0 Å². The predicted molar refractivity (Wildman–Crippen MR) is 91.6 cm³/mol. The van der Waals surface area contributed by atoms with Gasteiger partial charge in [0.1, 0.15) is 0 Å². The van der Waals surface area contributed by atoms with E-state index in [4.69, 9.17) is 4.42 Å². The lowest BCUT2D eigenvalue weighted by Crippen LogP contribution is -2.11. The molecular weight excluding hydrogens is 302 g/mol. The molecule has 0 atom stereocenters. The van der Waals surface area contributed by atoms with E-state index in [2.05, 4.69) is 15.3 Å². The van der Waals surface area contributed by atoms with Gasteiger partial charge in [0.2, 0.25) is 0 Å². The van der Waals surface area contributed by atoms with Crippen LogP contribution in [0.5, 0.6) is 0 Å². The van der Waals surface area contributed by atoms with Crippen LogP contribution in [0, 0.1) is 0 Å². The number of benzene rings is 2. The summed E-state index contributed by atoms with van der Waals surface area (Å²) in [5, 5.41) is 3.83. The van der Waals surface area contributed by atoms with Gasteiger partial charge >= 0.3 is 0 Å². The second kappa shape index (κ2) is 5.96. The molecule has 5 nitrogen and oxygen atoms in total. The number of anilines is 1. The minimum atomic E-state index is -0.171. The third-order valence-corrected chi connectivity index (χ3v) is 3.70. The van der Waals surface area contributed by atoms with Crippen molar-refractivity contribution in [3.8, 4) is 11.3 Å². The first-order valence-electron chi connectivity index (χ1n) is 7.45.